The number of piperidine rings is 1. The number of nitrogens with one attached hydrogen (secondary N) is 1. The molecule has 0 unspecified atom stereocenters. The smallest absolute Gasteiger partial charge is 0.227 e. The predicted octanol–water partition coefficient (Wildman–Crippen LogP) is 3.17. The SMILES string of the molecule is COc1ccccc1[C@H]1[C@@H](C(=O)NCCN(C)C)CCC(=O)N1c1ccc(C)cc1. The number of rotatable bonds is 7. The Hall–Kier alpha value is -2.86. The molecule has 1 N–H and O–H groups in total. The Morgan fingerprint density at radius 3 is 2.53 bits per heavy atom. The molecule has 0 aromatic heterocycles. The van der Waals surface area contributed by atoms with E-state index in [0.717, 1.165) is 23.4 Å². The van der Waals surface area contributed by atoms with Gasteiger partial charge in [-0.1, -0.05) is 35.9 Å². The van der Waals surface area contributed by atoms with Crippen LogP contribution in [-0.4, -0.2) is 51.0 Å². The standard InChI is InChI=1S/C24H31N3O3/c1-17-9-11-18(12-10-17)27-22(28)14-13-20(24(29)25-15-16-26(2)3)23(27)19-7-5-6-8-21(19)30-4/h5-12,20,23H,13-16H2,1-4H3,(H,25,29)/t20-,23-/m0/s1. The van der Waals surface area contributed by atoms with Gasteiger partial charge in [-0.2, -0.15) is 0 Å². The number of likely N-dealkylation sites (N-methyl/N-ethyl adjacent to an activating group) is 1. The molecule has 0 radical (unpaired) electrons. The van der Waals surface area contributed by atoms with Crippen LogP contribution in [0.2, 0.25) is 0 Å². The lowest BCUT2D eigenvalue weighted by Gasteiger charge is -2.41. The molecule has 1 aliphatic heterocycles. The van der Waals surface area contributed by atoms with Gasteiger partial charge in [0.1, 0.15) is 5.75 Å². The minimum atomic E-state index is -0.426. The number of carbonyl (C=O) groups excluding carboxylic acids is 2. The second-order valence-corrected chi connectivity index (χ2v) is 8.03. The molecular formula is C24H31N3O3. The van der Waals surface area contributed by atoms with Gasteiger partial charge in [0.25, 0.3) is 0 Å². The van der Waals surface area contributed by atoms with Gasteiger partial charge >= 0.3 is 0 Å². The summed E-state index contributed by atoms with van der Waals surface area (Å²) in [4.78, 5) is 30.1. The van der Waals surface area contributed by atoms with Crippen molar-refractivity contribution < 1.29 is 14.3 Å². The number of methoxy groups -OCH3 is 1. The number of nitrogens with zero attached hydrogens (tertiary/aromatic N) is 2. The number of benzene rings is 2. The summed E-state index contributed by atoms with van der Waals surface area (Å²) in [5.74, 6) is 0.312. The Balaban J connectivity index is 2.02. The average Bonchev–Trinajstić information content (AvgIpc) is 2.74. The van der Waals surface area contributed by atoms with Crippen LogP contribution in [0.25, 0.3) is 0 Å². The number of aryl methyl sites for hydroxylation is 1. The van der Waals surface area contributed by atoms with Gasteiger partial charge in [0.15, 0.2) is 0 Å². The zero-order valence-corrected chi connectivity index (χ0v) is 18.2. The summed E-state index contributed by atoms with van der Waals surface area (Å²) >= 11 is 0. The Labute approximate surface area is 178 Å². The fourth-order valence-electron chi connectivity index (χ4n) is 3.98. The third-order valence-corrected chi connectivity index (χ3v) is 5.56. The van der Waals surface area contributed by atoms with Gasteiger partial charge in [-0.05, 0) is 45.6 Å². The van der Waals surface area contributed by atoms with Crippen LogP contribution in [0.15, 0.2) is 48.5 Å². The number of para-hydroxylation sites is 1. The Kier molecular flexibility index (Phi) is 7.11. The van der Waals surface area contributed by atoms with E-state index in [1.807, 2.05) is 74.4 Å². The molecule has 1 fully saturated rings. The molecule has 0 bridgehead atoms. The number of ether oxygens (including phenoxy) is 1. The minimum absolute atomic E-state index is 0.0205. The van der Waals surface area contributed by atoms with Crippen molar-refractivity contribution in [3.63, 3.8) is 0 Å². The number of anilines is 1. The fourth-order valence-corrected chi connectivity index (χ4v) is 3.98. The largest absolute Gasteiger partial charge is 0.496 e. The van der Waals surface area contributed by atoms with Crippen LogP contribution < -0.4 is 15.0 Å². The topological polar surface area (TPSA) is 61.9 Å². The van der Waals surface area contributed by atoms with Crippen molar-refractivity contribution in [2.75, 3.05) is 39.2 Å². The van der Waals surface area contributed by atoms with Gasteiger partial charge in [0, 0.05) is 30.8 Å². The Morgan fingerprint density at radius 2 is 1.87 bits per heavy atom. The van der Waals surface area contributed by atoms with Crippen LogP contribution in [0, 0.1) is 12.8 Å². The van der Waals surface area contributed by atoms with Crippen LogP contribution in [-0.2, 0) is 9.59 Å². The molecule has 3 rings (SSSR count). The second-order valence-electron chi connectivity index (χ2n) is 8.03. The van der Waals surface area contributed by atoms with Gasteiger partial charge < -0.3 is 19.9 Å². The molecule has 6 heteroatoms. The third kappa shape index (κ3) is 4.82. The number of amides is 2. The van der Waals surface area contributed by atoms with Crippen molar-refractivity contribution in [1.29, 1.82) is 0 Å². The van der Waals surface area contributed by atoms with Crippen molar-refractivity contribution in [3.8, 4) is 5.75 Å². The highest BCUT2D eigenvalue weighted by molar-refractivity contribution is 5.97. The lowest BCUT2D eigenvalue weighted by Crippen LogP contribution is -2.49. The molecule has 1 heterocycles. The van der Waals surface area contributed by atoms with E-state index in [4.69, 9.17) is 4.74 Å². The molecule has 6 nitrogen and oxygen atoms in total. The maximum Gasteiger partial charge on any atom is 0.227 e. The zero-order chi connectivity index (χ0) is 21.7. The van der Waals surface area contributed by atoms with Gasteiger partial charge in [-0.15, -0.1) is 0 Å². The van der Waals surface area contributed by atoms with Crippen LogP contribution in [0.3, 0.4) is 0 Å². The van der Waals surface area contributed by atoms with Crippen molar-refractivity contribution in [2.24, 2.45) is 5.92 Å². The first kappa shape index (κ1) is 21.8. The van der Waals surface area contributed by atoms with Crippen molar-refractivity contribution >= 4 is 17.5 Å². The van der Waals surface area contributed by atoms with Crippen LogP contribution in [0.5, 0.6) is 5.75 Å². The maximum atomic E-state index is 13.2. The number of hydrogen-bond acceptors (Lipinski definition) is 4. The van der Waals surface area contributed by atoms with E-state index in [2.05, 4.69) is 5.32 Å². The highest BCUT2D eigenvalue weighted by atomic mass is 16.5. The molecule has 2 amide bonds. The zero-order valence-electron chi connectivity index (χ0n) is 18.2. The van der Waals surface area contributed by atoms with E-state index in [0.29, 0.717) is 25.1 Å². The summed E-state index contributed by atoms with van der Waals surface area (Å²) in [6.07, 6.45) is 0.850. The first-order chi connectivity index (χ1) is 14.4. The summed E-state index contributed by atoms with van der Waals surface area (Å²) in [6, 6.07) is 15.1. The second kappa shape index (κ2) is 9.76. The van der Waals surface area contributed by atoms with Gasteiger partial charge in [-0.3, -0.25) is 9.59 Å². The molecule has 1 aliphatic rings. The number of carbonyl (C=O) groups is 2. The summed E-state index contributed by atoms with van der Waals surface area (Å²) < 4.78 is 5.60. The lowest BCUT2D eigenvalue weighted by atomic mass is 9.82. The molecule has 2 aromatic rings. The van der Waals surface area contributed by atoms with Crippen molar-refractivity contribution in [1.82, 2.24) is 10.2 Å². The molecule has 0 saturated carbocycles. The summed E-state index contributed by atoms with van der Waals surface area (Å²) in [6.45, 7) is 3.35. The van der Waals surface area contributed by atoms with E-state index in [-0.39, 0.29) is 17.7 Å². The molecule has 1 saturated heterocycles. The summed E-state index contributed by atoms with van der Waals surface area (Å²) in [5, 5.41) is 3.06. The van der Waals surface area contributed by atoms with Crippen LogP contribution in [0.1, 0.15) is 30.0 Å². The van der Waals surface area contributed by atoms with Crippen LogP contribution >= 0.6 is 0 Å². The van der Waals surface area contributed by atoms with Gasteiger partial charge in [0.05, 0.1) is 19.1 Å². The first-order valence-electron chi connectivity index (χ1n) is 10.4. The van der Waals surface area contributed by atoms with Crippen molar-refractivity contribution in [2.45, 2.75) is 25.8 Å². The molecule has 30 heavy (non-hydrogen) atoms. The first-order valence-corrected chi connectivity index (χ1v) is 10.4. The molecule has 0 aliphatic carbocycles. The van der Waals surface area contributed by atoms with E-state index in [1.165, 1.54) is 0 Å². The van der Waals surface area contributed by atoms with Gasteiger partial charge in [0.2, 0.25) is 11.8 Å². The van der Waals surface area contributed by atoms with Crippen molar-refractivity contribution in [3.05, 3.63) is 59.7 Å². The van der Waals surface area contributed by atoms with E-state index >= 15 is 0 Å². The Bertz CT molecular complexity index is 880. The molecule has 2 aromatic carbocycles. The van der Waals surface area contributed by atoms with Gasteiger partial charge in [-0.25, -0.2) is 0 Å². The minimum Gasteiger partial charge on any atom is -0.496 e. The highest BCUT2D eigenvalue weighted by Crippen LogP contribution is 2.43. The molecule has 160 valence electrons. The quantitative estimate of drug-likeness (QED) is 0.763. The predicted molar refractivity (Wildman–Crippen MR) is 119 cm³/mol. The van der Waals surface area contributed by atoms with E-state index in [1.54, 1.807) is 12.0 Å². The molecule has 2 atom stereocenters. The summed E-state index contributed by atoms with van der Waals surface area (Å²) in [5.41, 5.74) is 2.77. The maximum absolute atomic E-state index is 13.2. The Morgan fingerprint density at radius 1 is 1.17 bits per heavy atom. The average molecular weight is 410 g/mol. The normalized spacial score (nSPS) is 19.1. The highest BCUT2D eigenvalue weighted by Gasteiger charge is 2.42. The lowest BCUT2D eigenvalue weighted by molar-refractivity contribution is -0.129. The molecule has 0 spiro atoms. The van der Waals surface area contributed by atoms with E-state index < -0.39 is 6.04 Å². The van der Waals surface area contributed by atoms with E-state index in [9.17, 15) is 9.59 Å². The fraction of sp³-hybridized carbons (Fsp3) is 0.417. The molecular weight excluding hydrogens is 378 g/mol. The third-order valence-electron chi connectivity index (χ3n) is 5.56. The number of hydrogen-bond donors (Lipinski definition) is 1. The van der Waals surface area contributed by atoms with Crippen LogP contribution in [0.4, 0.5) is 5.69 Å². The monoisotopic (exact) mass is 409 g/mol. The summed E-state index contributed by atoms with van der Waals surface area (Å²) in [7, 11) is 5.57.